The number of amides is 1. The average molecular weight is 460 g/mol. The van der Waals surface area contributed by atoms with Crippen LogP contribution in [0.1, 0.15) is 38.8 Å². The molecule has 0 aliphatic heterocycles. The lowest BCUT2D eigenvalue weighted by Gasteiger charge is -2.17. The van der Waals surface area contributed by atoms with Crippen LogP contribution in [0, 0.1) is 0 Å². The fourth-order valence-corrected chi connectivity index (χ4v) is 3.18. The fraction of sp³-hybridized carbons (Fsp3) is 0.360. The third kappa shape index (κ3) is 7.31. The van der Waals surface area contributed by atoms with Crippen LogP contribution in [0.25, 0.3) is 5.57 Å². The van der Waals surface area contributed by atoms with Gasteiger partial charge in [0.15, 0.2) is 18.1 Å². The van der Waals surface area contributed by atoms with Gasteiger partial charge in [0, 0.05) is 29.8 Å². The summed E-state index contributed by atoms with van der Waals surface area (Å²) in [6.45, 7) is 9.02. The van der Waals surface area contributed by atoms with Gasteiger partial charge in [0.05, 0.1) is 6.61 Å². The second-order valence-corrected chi connectivity index (χ2v) is 7.38. The number of benzene rings is 2. The molecular weight excluding hydrogens is 430 g/mol. The summed E-state index contributed by atoms with van der Waals surface area (Å²) in [4.78, 5) is 26.0. The number of rotatable bonds is 11. The summed E-state index contributed by atoms with van der Waals surface area (Å²) in [7, 11) is 0. The molecule has 1 amide bonds. The number of likely N-dealkylation sites (N-methyl/N-ethyl adjacent to an activating group) is 1. The minimum Gasteiger partial charge on any atom is -0.485 e. The molecule has 2 aromatic carbocycles. The van der Waals surface area contributed by atoms with Crippen LogP contribution in [0.15, 0.2) is 48.5 Å². The van der Waals surface area contributed by atoms with Crippen molar-refractivity contribution in [2.24, 2.45) is 0 Å². The minimum absolute atomic E-state index is 0.0551. The third-order valence-corrected chi connectivity index (χ3v) is 5.17. The molecule has 0 aliphatic rings. The van der Waals surface area contributed by atoms with Gasteiger partial charge < -0.3 is 19.1 Å². The molecule has 2 aromatic rings. The standard InChI is InChI=1S/C25H30ClNO5/c1-5-27(6-2)24(28)14-18(4)19-12-13-22(23(15-19)32-17-25(29)30-7-3)31-16-20-10-8-9-11-21(20)26/h8-15H,5-7,16-17H2,1-4H3/b18-14+. The summed E-state index contributed by atoms with van der Waals surface area (Å²) < 4.78 is 16.6. The number of carbonyl (C=O) groups is 2. The molecule has 0 N–H and O–H groups in total. The Morgan fingerprint density at radius 1 is 1.00 bits per heavy atom. The van der Waals surface area contributed by atoms with Crippen molar-refractivity contribution in [1.82, 2.24) is 4.90 Å². The maximum Gasteiger partial charge on any atom is 0.344 e. The Hall–Kier alpha value is -2.99. The lowest BCUT2D eigenvalue weighted by Crippen LogP contribution is -2.28. The number of allylic oxidation sites excluding steroid dienone is 1. The van der Waals surface area contributed by atoms with Gasteiger partial charge in [0.25, 0.3) is 0 Å². The van der Waals surface area contributed by atoms with Gasteiger partial charge in [-0.05, 0) is 57.0 Å². The lowest BCUT2D eigenvalue weighted by atomic mass is 10.1. The molecule has 0 aliphatic carbocycles. The van der Waals surface area contributed by atoms with Crippen molar-refractivity contribution in [2.75, 3.05) is 26.3 Å². The minimum atomic E-state index is -0.473. The maximum atomic E-state index is 12.4. The zero-order valence-electron chi connectivity index (χ0n) is 19.0. The Kier molecular flexibility index (Phi) is 10.1. The van der Waals surface area contributed by atoms with Gasteiger partial charge in [-0.25, -0.2) is 4.79 Å². The van der Waals surface area contributed by atoms with Crippen molar-refractivity contribution in [1.29, 1.82) is 0 Å². The molecular formula is C25H30ClNO5. The van der Waals surface area contributed by atoms with Crippen LogP contribution in [0.2, 0.25) is 5.02 Å². The molecule has 6 nitrogen and oxygen atoms in total. The fourth-order valence-electron chi connectivity index (χ4n) is 2.99. The SMILES string of the molecule is CCOC(=O)COc1cc(/C(C)=C/C(=O)N(CC)CC)ccc1OCc1ccccc1Cl. The second kappa shape index (κ2) is 12.8. The van der Waals surface area contributed by atoms with E-state index in [4.69, 9.17) is 25.8 Å². The Morgan fingerprint density at radius 3 is 2.38 bits per heavy atom. The Labute approximate surface area is 194 Å². The van der Waals surface area contributed by atoms with Crippen LogP contribution < -0.4 is 9.47 Å². The van der Waals surface area contributed by atoms with E-state index in [1.165, 1.54) is 0 Å². The van der Waals surface area contributed by atoms with Gasteiger partial charge in [0.2, 0.25) is 5.91 Å². The molecule has 32 heavy (non-hydrogen) atoms. The van der Waals surface area contributed by atoms with Crippen molar-refractivity contribution in [3.63, 3.8) is 0 Å². The van der Waals surface area contributed by atoms with Gasteiger partial charge in [-0.1, -0.05) is 35.9 Å². The van der Waals surface area contributed by atoms with Crippen molar-refractivity contribution in [2.45, 2.75) is 34.3 Å². The van der Waals surface area contributed by atoms with E-state index in [1.54, 1.807) is 36.1 Å². The van der Waals surface area contributed by atoms with Crippen molar-refractivity contribution >= 4 is 29.1 Å². The predicted molar refractivity (Wildman–Crippen MR) is 126 cm³/mol. The van der Waals surface area contributed by atoms with E-state index in [0.29, 0.717) is 29.6 Å². The molecule has 7 heteroatoms. The molecule has 0 saturated heterocycles. The zero-order valence-corrected chi connectivity index (χ0v) is 19.8. The van der Waals surface area contributed by atoms with Crippen LogP contribution in [0.5, 0.6) is 11.5 Å². The van der Waals surface area contributed by atoms with Crippen LogP contribution in [0.4, 0.5) is 0 Å². The van der Waals surface area contributed by atoms with Crippen molar-refractivity contribution < 1.29 is 23.8 Å². The van der Waals surface area contributed by atoms with Gasteiger partial charge in [0.1, 0.15) is 6.61 Å². The number of nitrogens with zero attached hydrogens (tertiary/aromatic N) is 1. The molecule has 0 heterocycles. The first-order chi connectivity index (χ1) is 15.4. The Bertz CT molecular complexity index is 953. The van der Waals surface area contributed by atoms with Crippen LogP contribution in [0.3, 0.4) is 0 Å². The van der Waals surface area contributed by atoms with Crippen LogP contribution >= 0.6 is 11.6 Å². The van der Waals surface area contributed by atoms with Crippen LogP contribution in [-0.2, 0) is 20.9 Å². The molecule has 2 rings (SSSR count). The maximum absolute atomic E-state index is 12.4. The molecule has 0 unspecified atom stereocenters. The average Bonchev–Trinajstić information content (AvgIpc) is 2.78. The number of hydrogen-bond acceptors (Lipinski definition) is 5. The van der Waals surface area contributed by atoms with Gasteiger partial charge in [-0.15, -0.1) is 0 Å². The third-order valence-electron chi connectivity index (χ3n) is 4.81. The molecule has 0 bridgehead atoms. The highest BCUT2D eigenvalue weighted by molar-refractivity contribution is 6.31. The number of ether oxygens (including phenoxy) is 3. The van der Waals surface area contributed by atoms with Gasteiger partial charge in [-0.2, -0.15) is 0 Å². The number of hydrogen-bond donors (Lipinski definition) is 0. The molecule has 0 spiro atoms. The van der Waals surface area contributed by atoms with Gasteiger partial charge >= 0.3 is 5.97 Å². The lowest BCUT2D eigenvalue weighted by molar-refractivity contribution is -0.145. The van der Waals surface area contributed by atoms with Crippen LogP contribution in [-0.4, -0.2) is 43.1 Å². The highest BCUT2D eigenvalue weighted by Gasteiger charge is 2.13. The molecule has 172 valence electrons. The first kappa shape index (κ1) is 25.3. The molecule has 0 aromatic heterocycles. The number of esters is 1. The van der Waals surface area contributed by atoms with E-state index < -0.39 is 5.97 Å². The highest BCUT2D eigenvalue weighted by atomic mass is 35.5. The topological polar surface area (TPSA) is 65.1 Å². The van der Waals surface area contributed by atoms with E-state index in [0.717, 1.165) is 16.7 Å². The van der Waals surface area contributed by atoms with Crippen molar-refractivity contribution in [3.05, 3.63) is 64.7 Å². The Morgan fingerprint density at radius 2 is 1.72 bits per heavy atom. The number of carbonyl (C=O) groups excluding carboxylic acids is 2. The predicted octanol–water partition coefficient (Wildman–Crippen LogP) is 5.13. The molecule has 0 radical (unpaired) electrons. The quantitative estimate of drug-likeness (QED) is 0.344. The zero-order chi connectivity index (χ0) is 23.5. The van der Waals surface area contributed by atoms with Gasteiger partial charge in [-0.3, -0.25) is 4.79 Å². The summed E-state index contributed by atoms with van der Waals surface area (Å²) in [6.07, 6.45) is 1.60. The smallest absolute Gasteiger partial charge is 0.344 e. The molecule has 0 saturated carbocycles. The summed E-state index contributed by atoms with van der Waals surface area (Å²) in [6, 6.07) is 12.8. The van der Waals surface area contributed by atoms with Crippen molar-refractivity contribution in [3.8, 4) is 11.5 Å². The highest BCUT2D eigenvalue weighted by Crippen LogP contribution is 2.32. The summed E-state index contributed by atoms with van der Waals surface area (Å²) in [5.41, 5.74) is 2.39. The Balaban J connectivity index is 2.27. The first-order valence-electron chi connectivity index (χ1n) is 10.7. The first-order valence-corrected chi connectivity index (χ1v) is 11.0. The summed E-state index contributed by atoms with van der Waals surface area (Å²) in [5, 5.41) is 0.604. The monoisotopic (exact) mass is 459 g/mol. The number of halogens is 1. The summed E-state index contributed by atoms with van der Waals surface area (Å²) >= 11 is 6.22. The largest absolute Gasteiger partial charge is 0.485 e. The second-order valence-electron chi connectivity index (χ2n) is 6.97. The molecule has 0 fully saturated rings. The normalized spacial score (nSPS) is 11.1. The summed E-state index contributed by atoms with van der Waals surface area (Å²) in [5.74, 6) is 0.311. The van der Waals surface area contributed by atoms with E-state index in [2.05, 4.69) is 0 Å². The van der Waals surface area contributed by atoms with E-state index in [9.17, 15) is 9.59 Å². The molecule has 0 atom stereocenters. The van der Waals surface area contributed by atoms with E-state index in [-0.39, 0.29) is 25.7 Å². The van der Waals surface area contributed by atoms with E-state index >= 15 is 0 Å². The van der Waals surface area contributed by atoms with E-state index in [1.807, 2.05) is 45.0 Å².